The van der Waals surface area contributed by atoms with Crippen LogP contribution in [0.2, 0.25) is 0 Å². The first-order chi connectivity index (χ1) is 8.27. The molecule has 0 aliphatic heterocycles. The van der Waals surface area contributed by atoms with Gasteiger partial charge >= 0.3 is 0 Å². The van der Waals surface area contributed by atoms with Gasteiger partial charge in [0.1, 0.15) is 5.69 Å². The van der Waals surface area contributed by atoms with Crippen molar-refractivity contribution in [3.05, 3.63) is 52.3 Å². The summed E-state index contributed by atoms with van der Waals surface area (Å²) in [5.74, 6) is -0.0111. The molecule has 0 unspecified atom stereocenters. The molecule has 17 heavy (non-hydrogen) atoms. The van der Waals surface area contributed by atoms with Crippen LogP contribution in [0, 0.1) is 0 Å². The SMILES string of the molecule is Cn1nc(C(=O)c2ccsc2)c2ccccc21. The second kappa shape index (κ2) is 3.82. The number of fused-ring (bicyclic) bond motifs is 1. The van der Waals surface area contributed by atoms with E-state index in [1.54, 1.807) is 4.68 Å². The molecule has 0 saturated carbocycles. The van der Waals surface area contributed by atoms with E-state index >= 15 is 0 Å². The smallest absolute Gasteiger partial charge is 0.214 e. The van der Waals surface area contributed by atoms with Crippen molar-refractivity contribution < 1.29 is 4.79 Å². The summed E-state index contributed by atoms with van der Waals surface area (Å²) in [7, 11) is 1.85. The highest BCUT2D eigenvalue weighted by atomic mass is 32.1. The van der Waals surface area contributed by atoms with Crippen molar-refractivity contribution in [1.29, 1.82) is 0 Å². The number of carbonyl (C=O) groups is 1. The second-order valence-electron chi connectivity index (χ2n) is 3.83. The van der Waals surface area contributed by atoms with Crippen LogP contribution < -0.4 is 0 Å². The number of aromatic nitrogens is 2. The summed E-state index contributed by atoms with van der Waals surface area (Å²) in [6.45, 7) is 0. The third kappa shape index (κ3) is 1.57. The van der Waals surface area contributed by atoms with Crippen LogP contribution in [0.4, 0.5) is 0 Å². The minimum absolute atomic E-state index is 0.0111. The van der Waals surface area contributed by atoms with Gasteiger partial charge in [-0.05, 0) is 17.5 Å². The van der Waals surface area contributed by atoms with Crippen molar-refractivity contribution in [1.82, 2.24) is 9.78 Å². The maximum Gasteiger partial charge on any atom is 0.214 e. The zero-order valence-electron chi connectivity index (χ0n) is 9.25. The van der Waals surface area contributed by atoms with E-state index in [0.29, 0.717) is 11.3 Å². The number of nitrogens with zero attached hydrogens (tertiary/aromatic N) is 2. The number of hydrogen-bond acceptors (Lipinski definition) is 3. The predicted molar refractivity (Wildman–Crippen MR) is 68.5 cm³/mol. The number of thiophene rings is 1. The zero-order chi connectivity index (χ0) is 11.8. The van der Waals surface area contributed by atoms with Gasteiger partial charge in [-0.1, -0.05) is 18.2 Å². The molecule has 3 nitrogen and oxygen atoms in total. The number of ketones is 1. The lowest BCUT2D eigenvalue weighted by molar-refractivity contribution is 0.103. The quantitative estimate of drug-likeness (QED) is 0.648. The summed E-state index contributed by atoms with van der Waals surface area (Å²) in [4.78, 5) is 12.3. The van der Waals surface area contributed by atoms with Crippen LogP contribution in [0.3, 0.4) is 0 Å². The van der Waals surface area contributed by atoms with Gasteiger partial charge in [0.05, 0.1) is 5.52 Å². The van der Waals surface area contributed by atoms with Gasteiger partial charge in [-0.15, -0.1) is 0 Å². The van der Waals surface area contributed by atoms with Gasteiger partial charge in [-0.2, -0.15) is 16.4 Å². The molecule has 2 heterocycles. The Kier molecular flexibility index (Phi) is 2.30. The summed E-state index contributed by atoms with van der Waals surface area (Å²) in [5, 5.41) is 8.98. The summed E-state index contributed by atoms with van der Waals surface area (Å²) < 4.78 is 1.74. The standard InChI is InChI=1S/C13H10N2OS/c1-15-11-5-3-2-4-10(11)12(14-15)13(16)9-6-7-17-8-9/h2-8H,1H3. The molecule has 0 radical (unpaired) electrons. The maximum absolute atomic E-state index is 12.3. The van der Waals surface area contributed by atoms with E-state index in [4.69, 9.17) is 0 Å². The van der Waals surface area contributed by atoms with Crippen LogP contribution in [0.1, 0.15) is 16.1 Å². The Morgan fingerprint density at radius 2 is 2.12 bits per heavy atom. The lowest BCUT2D eigenvalue weighted by Gasteiger charge is -1.93. The summed E-state index contributed by atoms with van der Waals surface area (Å²) in [6, 6.07) is 9.60. The molecule has 1 aromatic carbocycles. The van der Waals surface area contributed by atoms with E-state index in [0.717, 1.165) is 10.9 Å². The summed E-state index contributed by atoms with van der Waals surface area (Å²) >= 11 is 1.52. The monoisotopic (exact) mass is 242 g/mol. The van der Waals surface area contributed by atoms with Crippen LogP contribution in [-0.2, 0) is 7.05 Å². The molecule has 0 spiro atoms. The number of hydrogen-bond donors (Lipinski definition) is 0. The van der Waals surface area contributed by atoms with Gasteiger partial charge in [-0.3, -0.25) is 9.48 Å². The molecule has 2 aromatic heterocycles. The van der Waals surface area contributed by atoms with Crippen molar-refractivity contribution in [2.75, 3.05) is 0 Å². The fourth-order valence-electron chi connectivity index (χ4n) is 1.91. The minimum atomic E-state index is -0.0111. The third-order valence-corrected chi connectivity index (χ3v) is 3.44. The van der Waals surface area contributed by atoms with Gasteiger partial charge < -0.3 is 0 Å². The topological polar surface area (TPSA) is 34.9 Å². The number of rotatable bonds is 2. The lowest BCUT2D eigenvalue weighted by atomic mass is 10.1. The average Bonchev–Trinajstić information content (AvgIpc) is 2.97. The molecule has 0 aliphatic rings. The summed E-state index contributed by atoms with van der Waals surface area (Å²) in [5.41, 5.74) is 2.21. The summed E-state index contributed by atoms with van der Waals surface area (Å²) in [6.07, 6.45) is 0. The van der Waals surface area contributed by atoms with E-state index in [9.17, 15) is 4.79 Å². The highest BCUT2D eigenvalue weighted by molar-refractivity contribution is 7.08. The molecule has 84 valence electrons. The van der Waals surface area contributed by atoms with Gasteiger partial charge in [0.15, 0.2) is 0 Å². The van der Waals surface area contributed by atoms with Gasteiger partial charge in [-0.25, -0.2) is 0 Å². The lowest BCUT2D eigenvalue weighted by Crippen LogP contribution is -2.02. The fraction of sp³-hybridized carbons (Fsp3) is 0.0769. The Balaban J connectivity index is 2.22. The van der Waals surface area contributed by atoms with Crippen LogP contribution in [-0.4, -0.2) is 15.6 Å². The van der Waals surface area contributed by atoms with E-state index in [-0.39, 0.29) is 5.78 Å². The highest BCUT2D eigenvalue weighted by Crippen LogP contribution is 2.21. The molecule has 0 atom stereocenters. The minimum Gasteiger partial charge on any atom is -0.287 e. The van der Waals surface area contributed by atoms with E-state index in [2.05, 4.69) is 5.10 Å². The van der Waals surface area contributed by atoms with E-state index in [1.807, 2.05) is 48.1 Å². The second-order valence-corrected chi connectivity index (χ2v) is 4.61. The fourth-order valence-corrected chi connectivity index (χ4v) is 2.55. The normalized spacial score (nSPS) is 10.9. The molecule has 0 amide bonds. The molecule has 0 fully saturated rings. The molecule has 0 saturated heterocycles. The Hall–Kier alpha value is -1.94. The Morgan fingerprint density at radius 1 is 1.29 bits per heavy atom. The van der Waals surface area contributed by atoms with Crippen LogP contribution in [0.25, 0.3) is 10.9 Å². The Morgan fingerprint density at radius 3 is 2.88 bits per heavy atom. The predicted octanol–water partition coefficient (Wildman–Crippen LogP) is 2.87. The molecule has 0 aliphatic carbocycles. The molecule has 3 rings (SSSR count). The largest absolute Gasteiger partial charge is 0.287 e. The molecule has 0 N–H and O–H groups in total. The van der Waals surface area contributed by atoms with Crippen LogP contribution >= 0.6 is 11.3 Å². The van der Waals surface area contributed by atoms with Gasteiger partial charge in [0.2, 0.25) is 5.78 Å². The number of benzene rings is 1. The van der Waals surface area contributed by atoms with Crippen LogP contribution in [0.5, 0.6) is 0 Å². The van der Waals surface area contributed by atoms with E-state index in [1.165, 1.54) is 11.3 Å². The molecular formula is C13H10N2OS. The van der Waals surface area contributed by atoms with Crippen molar-refractivity contribution in [2.24, 2.45) is 7.05 Å². The Labute approximate surface area is 102 Å². The molecule has 4 heteroatoms. The average molecular weight is 242 g/mol. The zero-order valence-corrected chi connectivity index (χ0v) is 10.1. The first-order valence-corrected chi connectivity index (χ1v) is 6.20. The number of para-hydroxylation sites is 1. The molecular weight excluding hydrogens is 232 g/mol. The van der Waals surface area contributed by atoms with Gasteiger partial charge in [0.25, 0.3) is 0 Å². The molecule has 3 aromatic rings. The first kappa shape index (κ1) is 10.2. The molecule has 0 bridgehead atoms. The Bertz CT molecular complexity index is 683. The highest BCUT2D eigenvalue weighted by Gasteiger charge is 2.17. The van der Waals surface area contributed by atoms with Crippen LogP contribution in [0.15, 0.2) is 41.1 Å². The number of carbonyl (C=O) groups excluding carboxylic acids is 1. The van der Waals surface area contributed by atoms with Crippen molar-refractivity contribution in [3.8, 4) is 0 Å². The van der Waals surface area contributed by atoms with Gasteiger partial charge in [0, 0.05) is 23.4 Å². The third-order valence-electron chi connectivity index (χ3n) is 2.76. The number of aryl methyl sites for hydroxylation is 1. The first-order valence-electron chi connectivity index (χ1n) is 5.26. The maximum atomic E-state index is 12.3. The van der Waals surface area contributed by atoms with Crippen molar-refractivity contribution in [2.45, 2.75) is 0 Å². The van der Waals surface area contributed by atoms with Crippen molar-refractivity contribution in [3.63, 3.8) is 0 Å². The van der Waals surface area contributed by atoms with E-state index < -0.39 is 0 Å². The van der Waals surface area contributed by atoms with Crippen molar-refractivity contribution >= 4 is 28.0 Å².